The maximum absolute atomic E-state index is 12.4. The second kappa shape index (κ2) is 5.14. The Kier molecular flexibility index (Phi) is 3.41. The van der Waals surface area contributed by atoms with Crippen LogP contribution >= 0.6 is 11.6 Å². The second-order valence-corrected chi connectivity index (χ2v) is 5.67. The van der Waals surface area contributed by atoms with Crippen LogP contribution in [-0.4, -0.2) is 18.7 Å². The molecular formula is C15H15ClN4O2. The first-order chi connectivity index (χ1) is 10.4. The van der Waals surface area contributed by atoms with Crippen LogP contribution in [0.5, 0.6) is 0 Å². The number of fused-ring (bicyclic) bond motifs is 1. The average Bonchev–Trinajstić information content (AvgIpc) is 2.82. The molecule has 22 heavy (non-hydrogen) atoms. The van der Waals surface area contributed by atoms with Crippen molar-refractivity contribution in [2.75, 3.05) is 0 Å². The van der Waals surface area contributed by atoms with Gasteiger partial charge in [0.05, 0.1) is 6.54 Å². The van der Waals surface area contributed by atoms with Crippen molar-refractivity contribution in [2.24, 2.45) is 14.1 Å². The normalized spacial score (nSPS) is 11.3. The van der Waals surface area contributed by atoms with E-state index in [1.165, 1.54) is 11.6 Å². The SMILES string of the molecule is Cc1ccc(Cn2c(Cl)nc3c2c(=O)n(C)c(=O)n3C)cc1. The van der Waals surface area contributed by atoms with Crippen molar-refractivity contribution in [3.05, 3.63) is 61.5 Å². The van der Waals surface area contributed by atoms with Crippen LogP contribution in [0.4, 0.5) is 0 Å². The van der Waals surface area contributed by atoms with Gasteiger partial charge in [-0.25, -0.2) is 4.79 Å². The van der Waals surface area contributed by atoms with E-state index in [2.05, 4.69) is 4.98 Å². The Morgan fingerprint density at radius 2 is 1.73 bits per heavy atom. The second-order valence-electron chi connectivity index (χ2n) is 5.33. The van der Waals surface area contributed by atoms with Crippen LogP contribution in [0.3, 0.4) is 0 Å². The molecule has 0 fully saturated rings. The molecule has 3 aromatic rings. The van der Waals surface area contributed by atoms with E-state index in [9.17, 15) is 9.59 Å². The van der Waals surface area contributed by atoms with E-state index < -0.39 is 11.2 Å². The van der Waals surface area contributed by atoms with Gasteiger partial charge in [0.1, 0.15) is 0 Å². The predicted octanol–water partition coefficient (Wildman–Crippen LogP) is 1.44. The first-order valence-corrected chi connectivity index (χ1v) is 7.15. The molecule has 0 aliphatic heterocycles. The Balaban J connectivity index is 2.26. The Hall–Kier alpha value is -2.34. The van der Waals surface area contributed by atoms with Crippen molar-refractivity contribution in [3.63, 3.8) is 0 Å². The van der Waals surface area contributed by atoms with E-state index in [-0.39, 0.29) is 5.28 Å². The van der Waals surface area contributed by atoms with Crippen molar-refractivity contribution in [1.29, 1.82) is 0 Å². The molecule has 0 bridgehead atoms. The molecule has 7 heteroatoms. The molecule has 2 heterocycles. The Bertz CT molecular complexity index is 980. The summed E-state index contributed by atoms with van der Waals surface area (Å²) in [7, 11) is 3.02. The van der Waals surface area contributed by atoms with Crippen molar-refractivity contribution >= 4 is 22.8 Å². The van der Waals surface area contributed by atoms with E-state index in [0.717, 1.165) is 15.7 Å². The van der Waals surface area contributed by atoms with Crippen LogP contribution in [0.2, 0.25) is 5.28 Å². The molecule has 0 unspecified atom stereocenters. The fourth-order valence-electron chi connectivity index (χ4n) is 2.44. The molecular weight excluding hydrogens is 304 g/mol. The summed E-state index contributed by atoms with van der Waals surface area (Å²) in [4.78, 5) is 28.5. The number of halogens is 1. The van der Waals surface area contributed by atoms with Gasteiger partial charge in [0.2, 0.25) is 5.28 Å². The number of nitrogens with zero attached hydrogens (tertiary/aromatic N) is 4. The molecule has 0 aliphatic rings. The number of aryl methyl sites for hydroxylation is 2. The van der Waals surface area contributed by atoms with Crippen molar-refractivity contribution in [2.45, 2.75) is 13.5 Å². The van der Waals surface area contributed by atoms with E-state index in [1.54, 1.807) is 11.6 Å². The molecule has 0 radical (unpaired) electrons. The van der Waals surface area contributed by atoms with Crippen molar-refractivity contribution in [3.8, 4) is 0 Å². The number of rotatable bonds is 2. The molecule has 0 spiro atoms. The molecule has 0 atom stereocenters. The minimum absolute atomic E-state index is 0.189. The van der Waals surface area contributed by atoms with Gasteiger partial charge in [-0.2, -0.15) is 4.98 Å². The Labute approximate surface area is 131 Å². The Morgan fingerprint density at radius 1 is 1.09 bits per heavy atom. The van der Waals surface area contributed by atoms with Gasteiger partial charge < -0.3 is 4.57 Å². The quantitative estimate of drug-likeness (QED) is 0.672. The highest BCUT2D eigenvalue weighted by molar-refractivity contribution is 6.29. The summed E-state index contributed by atoms with van der Waals surface area (Å²) in [6.45, 7) is 2.43. The van der Waals surface area contributed by atoms with Crippen molar-refractivity contribution in [1.82, 2.24) is 18.7 Å². The Morgan fingerprint density at radius 3 is 2.36 bits per heavy atom. The minimum atomic E-state index is -0.422. The molecule has 0 amide bonds. The highest BCUT2D eigenvalue weighted by atomic mass is 35.5. The maximum atomic E-state index is 12.4. The van der Waals surface area contributed by atoms with E-state index in [1.807, 2.05) is 31.2 Å². The van der Waals surface area contributed by atoms with Gasteiger partial charge in [-0.05, 0) is 24.1 Å². The number of imidazole rings is 1. The first kappa shape index (κ1) is 14.6. The molecule has 0 saturated carbocycles. The summed E-state index contributed by atoms with van der Waals surface area (Å²) in [5.41, 5.74) is 1.96. The highest BCUT2D eigenvalue weighted by Crippen LogP contribution is 2.17. The first-order valence-electron chi connectivity index (χ1n) is 6.77. The summed E-state index contributed by atoms with van der Waals surface area (Å²) in [5, 5.41) is 0.189. The fraction of sp³-hybridized carbons (Fsp3) is 0.267. The van der Waals surface area contributed by atoms with Gasteiger partial charge in [0.25, 0.3) is 5.56 Å². The number of benzene rings is 1. The summed E-state index contributed by atoms with van der Waals surface area (Å²) in [6.07, 6.45) is 0. The fourth-order valence-corrected chi connectivity index (χ4v) is 2.66. The number of hydrogen-bond acceptors (Lipinski definition) is 3. The highest BCUT2D eigenvalue weighted by Gasteiger charge is 2.18. The predicted molar refractivity (Wildman–Crippen MR) is 85.5 cm³/mol. The van der Waals surface area contributed by atoms with Gasteiger partial charge >= 0.3 is 5.69 Å². The lowest BCUT2D eigenvalue weighted by Crippen LogP contribution is -2.37. The standard InChI is InChI=1S/C15H15ClN4O2/c1-9-4-6-10(7-5-9)8-20-11-12(17-14(20)16)18(2)15(22)19(3)13(11)21/h4-7H,8H2,1-3H3. The third kappa shape index (κ3) is 2.16. The summed E-state index contributed by atoms with van der Waals surface area (Å²) in [5.74, 6) is 0. The summed E-state index contributed by atoms with van der Waals surface area (Å²) in [6, 6.07) is 7.94. The largest absolute Gasteiger partial charge is 0.332 e. The lowest BCUT2D eigenvalue weighted by atomic mass is 10.1. The lowest BCUT2D eigenvalue weighted by molar-refractivity contribution is 0.702. The molecule has 114 valence electrons. The smallest absolute Gasteiger partial charge is 0.304 e. The van der Waals surface area contributed by atoms with Crippen LogP contribution < -0.4 is 11.2 Å². The van der Waals surface area contributed by atoms with Gasteiger partial charge in [-0.15, -0.1) is 0 Å². The van der Waals surface area contributed by atoms with Crippen molar-refractivity contribution < 1.29 is 0 Å². The third-order valence-electron chi connectivity index (χ3n) is 3.76. The molecule has 3 rings (SSSR count). The number of aromatic nitrogens is 4. The summed E-state index contributed by atoms with van der Waals surface area (Å²) >= 11 is 6.19. The van der Waals surface area contributed by atoms with Crippen LogP contribution in [0.15, 0.2) is 33.9 Å². The third-order valence-corrected chi connectivity index (χ3v) is 4.05. The van der Waals surface area contributed by atoms with Crippen LogP contribution in [0.25, 0.3) is 11.2 Å². The van der Waals surface area contributed by atoms with E-state index >= 15 is 0 Å². The minimum Gasteiger partial charge on any atom is -0.304 e. The average molecular weight is 319 g/mol. The molecule has 0 aliphatic carbocycles. The van der Waals surface area contributed by atoms with E-state index in [4.69, 9.17) is 11.6 Å². The molecule has 0 N–H and O–H groups in total. The van der Waals surface area contributed by atoms with E-state index in [0.29, 0.717) is 17.7 Å². The zero-order valence-corrected chi connectivity index (χ0v) is 13.3. The molecule has 2 aromatic heterocycles. The molecule has 0 saturated heterocycles. The van der Waals surface area contributed by atoms with Gasteiger partial charge in [0.15, 0.2) is 11.2 Å². The maximum Gasteiger partial charge on any atom is 0.332 e. The van der Waals surface area contributed by atoms with Crippen LogP contribution in [0.1, 0.15) is 11.1 Å². The van der Waals surface area contributed by atoms with Crippen LogP contribution in [-0.2, 0) is 20.6 Å². The summed E-state index contributed by atoms with van der Waals surface area (Å²) < 4.78 is 4.02. The van der Waals surface area contributed by atoms with Gasteiger partial charge in [-0.3, -0.25) is 13.9 Å². The molecule has 1 aromatic carbocycles. The van der Waals surface area contributed by atoms with Crippen LogP contribution in [0, 0.1) is 6.92 Å². The number of hydrogen-bond donors (Lipinski definition) is 0. The molecule has 6 nitrogen and oxygen atoms in total. The zero-order valence-electron chi connectivity index (χ0n) is 12.5. The van der Waals surface area contributed by atoms with Gasteiger partial charge in [0, 0.05) is 14.1 Å². The monoisotopic (exact) mass is 318 g/mol. The lowest BCUT2D eigenvalue weighted by Gasteiger charge is -2.07. The van der Waals surface area contributed by atoms with Gasteiger partial charge in [-0.1, -0.05) is 29.8 Å². The zero-order chi connectivity index (χ0) is 16.0. The topological polar surface area (TPSA) is 61.8 Å².